The molecule has 0 spiro atoms. The van der Waals surface area contributed by atoms with Gasteiger partial charge in [-0.25, -0.2) is 0 Å². The second kappa shape index (κ2) is 4.83. The molecule has 3 nitrogen and oxygen atoms in total. The van der Waals surface area contributed by atoms with Crippen LogP contribution in [0.25, 0.3) is 0 Å². The van der Waals surface area contributed by atoms with Gasteiger partial charge < -0.3 is 4.74 Å². The van der Waals surface area contributed by atoms with Gasteiger partial charge in [-0.15, -0.1) is 0 Å². The van der Waals surface area contributed by atoms with E-state index in [-0.39, 0.29) is 0 Å². The lowest BCUT2D eigenvalue weighted by molar-refractivity contribution is 0.338. The molecule has 0 aliphatic heterocycles. The van der Waals surface area contributed by atoms with Gasteiger partial charge in [-0.2, -0.15) is 5.26 Å². The van der Waals surface area contributed by atoms with Gasteiger partial charge in [-0.1, -0.05) is 0 Å². The van der Waals surface area contributed by atoms with E-state index < -0.39 is 0 Å². The van der Waals surface area contributed by atoms with Gasteiger partial charge in [0.15, 0.2) is 0 Å². The van der Waals surface area contributed by atoms with Crippen LogP contribution >= 0.6 is 15.9 Å². The maximum absolute atomic E-state index is 8.47. The number of nitriles is 1. The van der Waals surface area contributed by atoms with Crippen molar-refractivity contribution in [3.63, 3.8) is 0 Å². The van der Waals surface area contributed by atoms with Crippen molar-refractivity contribution in [3.05, 3.63) is 22.4 Å². The molecule has 68 valence electrons. The molecule has 0 aromatic carbocycles. The summed E-state index contributed by atoms with van der Waals surface area (Å²) in [6.45, 7) is 2.53. The van der Waals surface area contributed by atoms with Crippen LogP contribution in [0.1, 0.15) is 12.6 Å². The Balaban J connectivity index is 2.86. The summed E-state index contributed by atoms with van der Waals surface area (Å²) >= 11 is 3.32. The summed E-state index contributed by atoms with van der Waals surface area (Å²) in [5.74, 6) is 0.719. The van der Waals surface area contributed by atoms with E-state index >= 15 is 0 Å². The van der Waals surface area contributed by atoms with Crippen LogP contribution < -0.4 is 4.74 Å². The van der Waals surface area contributed by atoms with Gasteiger partial charge >= 0.3 is 0 Å². The fourth-order valence-electron chi connectivity index (χ4n) is 0.899. The number of hydrogen-bond donors (Lipinski definition) is 0. The van der Waals surface area contributed by atoms with Crippen molar-refractivity contribution >= 4 is 15.9 Å². The summed E-state index contributed by atoms with van der Waals surface area (Å²) in [6, 6.07) is 3.87. The van der Waals surface area contributed by atoms with Gasteiger partial charge in [0.25, 0.3) is 0 Å². The smallest absolute Gasteiger partial charge is 0.138 e. The van der Waals surface area contributed by atoms with Crippen LogP contribution in [0.4, 0.5) is 0 Å². The van der Waals surface area contributed by atoms with E-state index in [1.165, 1.54) is 0 Å². The van der Waals surface area contributed by atoms with Crippen LogP contribution in [0.2, 0.25) is 0 Å². The molecule has 0 amide bonds. The molecule has 0 unspecified atom stereocenters. The summed E-state index contributed by atoms with van der Waals surface area (Å²) in [7, 11) is 0. The summed E-state index contributed by atoms with van der Waals surface area (Å²) in [5, 5.41) is 8.47. The van der Waals surface area contributed by atoms with Crippen molar-refractivity contribution in [2.75, 3.05) is 6.61 Å². The number of halogens is 1. The van der Waals surface area contributed by atoms with Gasteiger partial charge in [-0.05, 0) is 28.9 Å². The third-order valence-electron chi connectivity index (χ3n) is 1.45. The maximum atomic E-state index is 8.47. The first-order chi connectivity index (χ1) is 6.27. The van der Waals surface area contributed by atoms with E-state index in [0.29, 0.717) is 13.0 Å². The number of nitrogens with zero attached hydrogens (tertiary/aromatic N) is 2. The zero-order chi connectivity index (χ0) is 9.68. The molecule has 1 heterocycles. The molecule has 1 rings (SSSR count). The monoisotopic (exact) mass is 240 g/mol. The van der Waals surface area contributed by atoms with Crippen LogP contribution in [-0.2, 0) is 6.42 Å². The molecule has 0 radical (unpaired) electrons. The average molecular weight is 241 g/mol. The minimum atomic E-state index is 0.312. The largest absolute Gasteiger partial charge is 0.492 e. The zero-order valence-electron chi connectivity index (χ0n) is 7.25. The normalized spacial score (nSPS) is 9.31. The third kappa shape index (κ3) is 2.71. The molecule has 1 aromatic rings. The lowest BCUT2D eigenvalue weighted by Crippen LogP contribution is -1.95. The van der Waals surface area contributed by atoms with Crippen molar-refractivity contribution in [2.45, 2.75) is 13.3 Å². The number of aromatic nitrogens is 1. The minimum Gasteiger partial charge on any atom is -0.492 e. The van der Waals surface area contributed by atoms with Crippen molar-refractivity contribution in [3.8, 4) is 11.8 Å². The lowest BCUT2D eigenvalue weighted by atomic mass is 10.3. The highest BCUT2D eigenvalue weighted by molar-refractivity contribution is 9.10. The molecule has 0 atom stereocenters. The quantitative estimate of drug-likeness (QED) is 0.815. The average Bonchev–Trinajstić information content (AvgIpc) is 2.10. The topological polar surface area (TPSA) is 45.9 Å². The SMILES string of the molecule is CCOc1cnc(CC#N)c(Br)c1. The van der Waals surface area contributed by atoms with Crippen LogP contribution in [0.5, 0.6) is 5.75 Å². The number of ether oxygens (including phenoxy) is 1. The first-order valence-electron chi connectivity index (χ1n) is 3.92. The van der Waals surface area contributed by atoms with E-state index in [9.17, 15) is 0 Å². The molecular weight excluding hydrogens is 232 g/mol. The van der Waals surface area contributed by atoms with E-state index in [1.807, 2.05) is 19.1 Å². The Kier molecular flexibility index (Phi) is 3.71. The van der Waals surface area contributed by atoms with E-state index in [1.54, 1.807) is 6.20 Å². The van der Waals surface area contributed by atoms with Crippen molar-refractivity contribution in [2.24, 2.45) is 0 Å². The molecule has 0 fully saturated rings. The highest BCUT2D eigenvalue weighted by atomic mass is 79.9. The summed E-state index contributed by atoms with van der Waals surface area (Å²) in [5.41, 5.74) is 0.742. The van der Waals surface area contributed by atoms with Crippen LogP contribution in [0.15, 0.2) is 16.7 Å². The first kappa shape index (κ1) is 10.0. The highest BCUT2D eigenvalue weighted by Crippen LogP contribution is 2.20. The Morgan fingerprint density at radius 3 is 3.00 bits per heavy atom. The van der Waals surface area contributed by atoms with Gasteiger partial charge in [0, 0.05) is 4.47 Å². The zero-order valence-corrected chi connectivity index (χ0v) is 8.84. The Morgan fingerprint density at radius 2 is 2.46 bits per heavy atom. The number of hydrogen-bond acceptors (Lipinski definition) is 3. The van der Waals surface area contributed by atoms with E-state index in [0.717, 1.165) is 15.9 Å². The second-order valence-electron chi connectivity index (χ2n) is 2.37. The highest BCUT2D eigenvalue weighted by Gasteiger charge is 2.02. The van der Waals surface area contributed by atoms with Crippen LogP contribution in [0, 0.1) is 11.3 Å². The molecule has 0 saturated carbocycles. The van der Waals surface area contributed by atoms with Crippen molar-refractivity contribution in [1.82, 2.24) is 4.98 Å². The van der Waals surface area contributed by atoms with E-state index in [4.69, 9.17) is 10.00 Å². The fraction of sp³-hybridized carbons (Fsp3) is 0.333. The molecule has 13 heavy (non-hydrogen) atoms. The molecular formula is C9H9BrN2O. The summed E-state index contributed by atoms with van der Waals surface area (Å²) in [6.07, 6.45) is 1.94. The Hall–Kier alpha value is -1.08. The molecule has 1 aromatic heterocycles. The van der Waals surface area contributed by atoms with Gasteiger partial charge in [-0.3, -0.25) is 4.98 Å². The van der Waals surface area contributed by atoms with Crippen molar-refractivity contribution < 1.29 is 4.74 Å². The lowest BCUT2D eigenvalue weighted by Gasteiger charge is -2.04. The molecule has 0 aliphatic carbocycles. The van der Waals surface area contributed by atoms with Gasteiger partial charge in [0.1, 0.15) is 5.75 Å². The number of pyridine rings is 1. The third-order valence-corrected chi connectivity index (χ3v) is 2.14. The van der Waals surface area contributed by atoms with Crippen LogP contribution in [-0.4, -0.2) is 11.6 Å². The van der Waals surface area contributed by atoms with Crippen molar-refractivity contribution in [1.29, 1.82) is 5.26 Å². The molecule has 0 saturated heterocycles. The summed E-state index contributed by atoms with van der Waals surface area (Å²) < 4.78 is 6.06. The number of rotatable bonds is 3. The molecule has 0 N–H and O–H groups in total. The van der Waals surface area contributed by atoms with E-state index in [2.05, 4.69) is 20.9 Å². The fourth-order valence-corrected chi connectivity index (χ4v) is 1.37. The Morgan fingerprint density at radius 1 is 1.69 bits per heavy atom. The maximum Gasteiger partial charge on any atom is 0.138 e. The first-order valence-corrected chi connectivity index (χ1v) is 4.71. The standard InChI is InChI=1S/C9H9BrN2O/c1-2-13-7-5-8(10)9(3-4-11)12-6-7/h5-6H,2-3H2,1H3. The Bertz CT molecular complexity index is 333. The summed E-state index contributed by atoms with van der Waals surface area (Å²) in [4.78, 5) is 4.09. The molecule has 0 bridgehead atoms. The molecule has 0 aliphatic rings. The minimum absolute atomic E-state index is 0.312. The Labute approximate surface area is 85.5 Å². The molecule has 4 heteroatoms. The predicted octanol–water partition coefficient (Wildman–Crippen LogP) is 2.31. The van der Waals surface area contributed by atoms with Gasteiger partial charge in [0.2, 0.25) is 0 Å². The van der Waals surface area contributed by atoms with Crippen LogP contribution in [0.3, 0.4) is 0 Å². The predicted molar refractivity (Wildman–Crippen MR) is 52.4 cm³/mol. The second-order valence-corrected chi connectivity index (χ2v) is 3.22. The van der Waals surface area contributed by atoms with Gasteiger partial charge in [0.05, 0.1) is 31.0 Å².